The molecule has 3 aromatic rings. The third-order valence-corrected chi connectivity index (χ3v) is 3.18. The normalized spacial score (nSPS) is 11.2. The van der Waals surface area contributed by atoms with Crippen LogP contribution in [0.2, 0.25) is 0 Å². The maximum Gasteiger partial charge on any atom is 0.202 e. The number of pyridine rings is 1. The van der Waals surface area contributed by atoms with Crippen molar-refractivity contribution in [2.75, 3.05) is 5.73 Å². The van der Waals surface area contributed by atoms with E-state index in [2.05, 4.69) is 25.9 Å². The van der Waals surface area contributed by atoms with E-state index in [1.54, 1.807) is 12.5 Å². The highest BCUT2D eigenvalue weighted by Gasteiger charge is 2.10. The predicted molar refractivity (Wildman–Crippen MR) is 72.1 cm³/mol. The summed E-state index contributed by atoms with van der Waals surface area (Å²) in [4.78, 5) is 8.64. The molecular weight excluding hydrogens is 296 g/mol. The highest BCUT2D eigenvalue weighted by Crippen LogP contribution is 2.20. The summed E-state index contributed by atoms with van der Waals surface area (Å²) in [6.07, 6.45) is 4.17. The van der Waals surface area contributed by atoms with Crippen molar-refractivity contribution in [3.05, 3.63) is 40.9 Å². The molecule has 0 spiro atoms. The number of hydrogen-bond acceptors (Lipinski definition) is 4. The minimum absolute atomic E-state index is 0.474. The van der Waals surface area contributed by atoms with Crippen molar-refractivity contribution >= 4 is 33.0 Å². The molecule has 3 aromatic heterocycles. The zero-order chi connectivity index (χ0) is 12.5. The highest BCUT2D eigenvalue weighted by atomic mass is 79.9. The first kappa shape index (κ1) is 11.3. The molecule has 18 heavy (non-hydrogen) atoms. The third kappa shape index (κ3) is 1.99. The standard InChI is InChI=1S/C12H11BrN4O/c13-8-6-10-11(15-7-8)17(12(14)16-10)4-3-9-2-1-5-18-9/h1-2,5-7H,3-4H2,(H2,14,16). The maximum absolute atomic E-state index is 5.91. The molecule has 0 aliphatic carbocycles. The zero-order valence-electron chi connectivity index (χ0n) is 9.51. The van der Waals surface area contributed by atoms with Gasteiger partial charge in [0.1, 0.15) is 11.3 Å². The van der Waals surface area contributed by atoms with Crippen molar-refractivity contribution in [2.45, 2.75) is 13.0 Å². The molecule has 0 aliphatic rings. The first-order valence-electron chi connectivity index (χ1n) is 5.53. The Morgan fingerprint density at radius 3 is 3.11 bits per heavy atom. The van der Waals surface area contributed by atoms with Gasteiger partial charge in [0.2, 0.25) is 5.95 Å². The van der Waals surface area contributed by atoms with Crippen LogP contribution in [0.1, 0.15) is 5.76 Å². The fraction of sp³-hybridized carbons (Fsp3) is 0.167. The number of imidazole rings is 1. The molecule has 5 nitrogen and oxygen atoms in total. The van der Waals surface area contributed by atoms with Crippen LogP contribution in [-0.4, -0.2) is 14.5 Å². The van der Waals surface area contributed by atoms with Gasteiger partial charge in [-0.15, -0.1) is 0 Å². The molecule has 0 amide bonds. The van der Waals surface area contributed by atoms with E-state index >= 15 is 0 Å². The molecule has 6 heteroatoms. The van der Waals surface area contributed by atoms with Crippen LogP contribution in [0.3, 0.4) is 0 Å². The minimum Gasteiger partial charge on any atom is -0.469 e. The molecule has 0 fully saturated rings. The van der Waals surface area contributed by atoms with Gasteiger partial charge < -0.3 is 10.2 Å². The second-order valence-corrected chi connectivity index (χ2v) is 4.86. The fourth-order valence-corrected chi connectivity index (χ4v) is 2.22. The van der Waals surface area contributed by atoms with Crippen LogP contribution in [0.25, 0.3) is 11.2 Å². The molecule has 0 saturated heterocycles. The van der Waals surface area contributed by atoms with Gasteiger partial charge in [0.05, 0.1) is 6.26 Å². The van der Waals surface area contributed by atoms with E-state index in [1.807, 2.05) is 22.8 Å². The zero-order valence-corrected chi connectivity index (χ0v) is 11.1. The topological polar surface area (TPSA) is 69.9 Å². The molecule has 3 rings (SSSR count). The van der Waals surface area contributed by atoms with Gasteiger partial charge in [0.15, 0.2) is 5.65 Å². The van der Waals surface area contributed by atoms with E-state index in [4.69, 9.17) is 10.2 Å². The number of rotatable bonds is 3. The number of furan rings is 1. The van der Waals surface area contributed by atoms with Gasteiger partial charge in [0, 0.05) is 23.6 Å². The van der Waals surface area contributed by atoms with Crippen LogP contribution in [0.5, 0.6) is 0 Å². The average Bonchev–Trinajstić information content (AvgIpc) is 2.93. The largest absolute Gasteiger partial charge is 0.469 e. The molecule has 0 saturated carbocycles. The first-order valence-corrected chi connectivity index (χ1v) is 6.33. The Bertz CT molecular complexity index is 675. The number of nitrogens with zero attached hydrogens (tertiary/aromatic N) is 3. The van der Waals surface area contributed by atoms with Gasteiger partial charge in [-0.25, -0.2) is 9.97 Å². The molecule has 3 heterocycles. The van der Waals surface area contributed by atoms with Gasteiger partial charge >= 0.3 is 0 Å². The number of halogens is 1. The Kier molecular flexibility index (Phi) is 2.79. The lowest BCUT2D eigenvalue weighted by Gasteiger charge is -2.03. The molecule has 0 radical (unpaired) electrons. The fourth-order valence-electron chi connectivity index (χ4n) is 1.90. The van der Waals surface area contributed by atoms with Crippen molar-refractivity contribution in [1.82, 2.24) is 14.5 Å². The van der Waals surface area contributed by atoms with Gasteiger partial charge in [-0.1, -0.05) is 0 Å². The van der Waals surface area contributed by atoms with Crippen LogP contribution < -0.4 is 5.73 Å². The second-order valence-electron chi connectivity index (χ2n) is 3.95. The van der Waals surface area contributed by atoms with E-state index in [0.29, 0.717) is 12.5 Å². The highest BCUT2D eigenvalue weighted by molar-refractivity contribution is 9.10. The molecular formula is C12H11BrN4O. The Morgan fingerprint density at radius 2 is 2.33 bits per heavy atom. The molecule has 0 bridgehead atoms. The molecule has 0 atom stereocenters. The molecule has 0 unspecified atom stereocenters. The monoisotopic (exact) mass is 306 g/mol. The van der Waals surface area contributed by atoms with E-state index in [1.165, 1.54) is 0 Å². The van der Waals surface area contributed by atoms with Gasteiger partial charge in [-0.3, -0.25) is 4.57 Å². The summed E-state index contributed by atoms with van der Waals surface area (Å²) in [6.45, 7) is 0.699. The second kappa shape index (κ2) is 4.45. The van der Waals surface area contributed by atoms with Crippen molar-refractivity contribution in [1.29, 1.82) is 0 Å². The quantitative estimate of drug-likeness (QED) is 0.807. The third-order valence-electron chi connectivity index (χ3n) is 2.74. The molecule has 0 aromatic carbocycles. The van der Waals surface area contributed by atoms with Crippen LogP contribution in [0.4, 0.5) is 5.95 Å². The van der Waals surface area contributed by atoms with Crippen LogP contribution in [0, 0.1) is 0 Å². The Labute approximate surface area is 112 Å². The summed E-state index contributed by atoms with van der Waals surface area (Å²) in [6, 6.07) is 5.72. The number of nitrogens with two attached hydrogens (primary N) is 1. The molecule has 0 aliphatic heterocycles. The lowest BCUT2D eigenvalue weighted by atomic mass is 10.3. The van der Waals surface area contributed by atoms with Crippen molar-refractivity contribution in [3.63, 3.8) is 0 Å². The van der Waals surface area contributed by atoms with E-state index in [9.17, 15) is 0 Å². The molecule has 2 N–H and O–H groups in total. The Morgan fingerprint density at radius 1 is 1.44 bits per heavy atom. The van der Waals surface area contributed by atoms with Gasteiger partial charge in [0.25, 0.3) is 0 Å². The smallest absolute Gasteiger partial charge is 0.202 e. The summed E-state index contributed by atoms with van der Waals surface area (Å²) < 4.78 is 8.09. The maximum atomic E-state index is 5.91. The van der Waals surface area contributed by atoms with E-state index in [0.717, 1.165) is 27.8 Å². The van der Waals surface area contributed by atoms with Gasteiger partial charge in [-0.05, 0) is 34.1 Å². The summed E-state index contributed by atoms with van der Waals surface area (Å²) in [5, 5.41) is 0. The number of nitrogen functional groups attached to an aromatic ring is 1. The van der Waals surface area contributed by atoms with Crippen molar-refractivity contribution < 1.29 is 4.42 Å². The van der Waals surface area contributed by atoms with Crippen LogP contribution in [0.15, 0.2) is 39.5 Å². The number of hydrogen-bond donors (Lipinski definition) is 1. The lowest BCUT2D eigenvalue weighted by Crippen LogP contribution is -2.06. The first-order chi connectivity index (χ1) is 8.74. The summed E-state index contributed by atoms with van der Waals surface area (Å²) >= 11 is 3.37. The SMILES string of the molecule is Nc1nc2cc(Br)cnc2n1CCc1ccco1. The number of fused-ring (bicyclic) bond motifs is 1. The number of anilines is 1. The van der Waals surface area contributed by atoms with E-state index < -0.39 is 0 Å². The van der Waals surface area contributed by atoms with E-state index in [-0.39, 0.29) is 0 Å². The average molecular weight is 307 g/mol. The van der Waals surface area contributed by atoms with Crippen LogP contribution in [-0.2, 0) is 13.0 Å². The lowest BCUT2D eigenvalue weighted by molar-refractivity contribution is 0.494. The Hall–Kier alpha value is -1.82. The predicted octanol–water partition coefficient (Wildman–Crippen LogP) is 2.61. The summed E-state index contributed by atoms with van der Waals surface area (Å²) in [7, 11) is 0. The Balaban J connectivity index is 1.93. The number of aryl methyl sites for hydroxylation is 2. The molecule has 92 valence electrons. The number of aromatic nitrogens is 3. The summed E-state index contributed by atoms with van der Waals surface area (Å²) in [5.74, 6) is 1.40. The minimum atomic E-state index is 0.474. The van der Waals surface area contributed by atoms with Crippen LogP contribution >= 0.6 is 15.9 Å². The van der Waals surface area contributed by atoms with Crippen molar-refractivity contribution in [3.8, 4) is 0 Å². The van der Waals surface area contributed by atoms with Gasteiger partial charge in [-0.2, -0.15) is 0 Å². The van der Waals surface area contributed by atoms with Crippen molar-refractivity contribution in [2.24, 2.45) is 0 Å². The summed E-state index contributed by atoms with van der Waals surface area (Å²) in [5.41, 5.74) is 7.50.